The van der Waals surface area contributed by atoms with Gasteiger partial charge in [-0.2, -0.15) is 0 Å². The van der Waals surface area contributed by atoms with E-state index in [-0.39, 0.29) is 0 Å². The molecule has 2 aromatic heterocycles. The number of nitrogens with zero attached hydrogens (tertiary/aromatic N) is 1. The lowest BCUT2D eigenvalue weighted by molar-refractivity contribution is 0.443. The molecule has 1 fully saturated rings. The van der Waals surface area contributed by atoms with E-state index in [0.717, 1.165) is 11.6 Å². The van der Waals surface area contributed by atoms with Crippen LogP contribution in [0.25, 0.3) is 11.0 Å². The molecule has 0 radical (unpaired) electrons. The van der Waals surface area contributed by atoms with Crippen LogP contribution in [-0.2, 0) is 0 Å². The predicted octanol–water partition coefficient (Wildman–Crippen LogP) is 4.95. The van der Waals surface area contributed by atoms with Crippen molar-refractivity contribution in [1.29, 1.82) is 0 Å². The average Bonchev–Trinajstić information content (AvgIpc) is 2.83. The Balaban J connectivity index is 0.000000574. The number of pyridine rings is 1. The predicted molar refractivity (Wildman–Crippen MR) is 78.0 cm³/mol. The van der Waals surface area contributed by atoms with Crippen LogP contribution < -0.4 is 0 Å². The number of H-pyrrole nitrogens is 1. The van der Waals surface area contributed by atoms with Crippen LogP contribution in [0.3, 0.4) is 0 Å². The molecule has 0 aromatic carbocycles. The monoisotopic (exact) mass is 244 g/mol. The minimum atomic E-state index is 0.750. The molecule has 0 saturated heterocycles. The summed E-state index contributed by atoms with van der Waals surface area (Å²) in [4.78, 5) is 7.73. The Labute approximate surface area is 110 Å². The first kappa shape index (κ1) is 13.1. The third-order valence-electron chi connectivity index (χ3n) is 3.84. The molecule has 1 aliphatic rings. The van der Waals surface area contributed by atoms with Gasteiger partial charge in [0.15, 0.2) is 0 Å². The fourth-order valence-corrected chi connectivity index (χ4v) is 2.81. The summed E-state index contributed by atoms with van der Waals surface area (Å²) in [6.07, 6.45) is 11.0. The summed E-state index contributed by atoms with van der Waals surface area (Å²) in [6, 6.07) is 2.34. The fourth-order valence-electron chi connectivity index (χ4n) is 2.81. The summed E-state index contributed by atoms with van der Waals surface area (Å²) >= 11 is 0. The van der Waals surface area contributed by atoms with E-state index in [0.29, 0.717) is 0 Å². The Bertz CT molecular complexity index is 493. The zero-order valence-corrected chi connectivity index (χ0v) is 11.8. The largest absolute Gasteiger partial charge is 0.346 e. The summed E-state index contributed by atoms with van der Waals surface area (Å²) < 4.78 is 0. The van der Waals surface area contributed by atoms with E-state index in [1.54, 1.807) is 0 Å². The van der Waals surface area contributed by atoms with Gasteiger partial charge in [0.05, 0.1) is 0 Å². The summed E-state index contributed by atoms with van der Waals surface area (Å²) in [5.41, 5.74) is 3.77. The van der Waals surface area contributed by atoms with Crippen molar-refractivity contribution in [2.45, 2.75) is 58.8 Å². The molecule has 0 unspecified atom stereocenters. The minimum absolute atomic E-state index is 0.750. The van der Waals surface area contributed by atoms with E-state index in [1.165, 1.54) is 48.6 Å². The number of hydrogen-bond acceptors (Lipinski definition) is 1. The standard InChI is InChI=1S/C14H18N2.C2H6/c1-10-8-15-14-13(10)7-12(9-16-14)11-5-3-2-4-6-11;1-2/h7-9,11H,2-6H2,1H3,(H,15,16);1-2H3. The molecule has 0 spiro atoms. The van der Waals surface area contributed by atoms with Crippen LogP contribution in [0.2, 0.25) is 0 Å². The second kappa shape index (κ2) is 6.03. The number of hydrogen-bond donors (Lipinski definition) is 1. The molecule has 1 saturated carbocycles. The van der Waals surface area contributed by atoms with Crippen LogP contribution in [0, 0.1) is 6.92 Å². The van der Waals surface area contributed by atoms with E-state index in [9.17, 15) is 0 Å². The lowest BCUT2D eigenvalue weighted by Crippen LogP contribution is -2.04. The van der Waals surface area contributed by atoms with Crippen molar-refractivity contribution < 1.29 is 0 Å². The van der Waals surface area contributed by atoms with Gasteiger partial charge in [0.2, 0.25) is 0 Å². The third-order valence-corrected chi connectivity index (χ3v) is 3.84. The van der Waals surface area contributed by atoms with Crippen LogP contribution in [0.15, 0.2) is 18.5 Å². The molecule has 2 heteroatoms. The zero-order valence-electron chi connectivity index (χ0n) is 11.8. The van der Waals surface area contributed by atoms with E-state index in [1.807, 2.05) is 20.0 Å². The molecule has 18 heavy (non-hydrogen) atoms. The van der Waals surface area contributed by atoms with Crippen molar-refractivity contribution in [3.05, 3.63) is 29.6 Å². The molecule has 2 aromatic rings. The van der Waals surface area contributed by atoms with Gasteiger partial charge in [-0.15, -0.1) is 0 Å². The third kappa shape index (κ3) is 2.58. The topological polar surface area (TPSA) is 28.7 Å². The van der Waals surface area contributed by atoms with E-state index >= 15 is 0 Å². The van der Waals surface area contributed by atoms with Crippen molar-refractivity contribution in [3.63, 3.8) is 0 Å². The van der Waals surface area contributed by atoms with Gasteiger partial charge in [-0.25, -0.2) is 4.98 Å². The maximum Gasteiger partial charge on any atom is 0.137 e. The molecular formula is C16H24N2. The van der Waals surface area contributed by atoms with Gasteiger partial charge >= 0.3 is 0 Å². The number of rotatable bonds is 1. The van der Waals surface area contributed by atoms with Crippen LogP contribution in [0.1, 0.15) is 63.0 Å². The van der Waals surface area contributed by atoms with Gasteiger partial charge in [0, 0.05) is 17.8 Å². The number of aromatic amines is 1. The van der Waals surface area contributed by atoms with Crippen molar-refractivity contribution in [1.82, 2.24) is 9.97 Å². The number of nitrogens with one attached hydrogen (secondary N) is 1. The van der Waals surface area contributed by atoms with Crippen molar-refractivity contribution in [3.8, 4) is 0 Å². The number of aromatic nitrogens is 2. The maximum atomic E-state index is 4.52. The highest BCUT2D eigenvalue weighted by Gasteiger charge is 2.16. The molecule has 98 valence electrons. The van der Waals surface area contributed by atoms with Crippen LogP contribution in [0.5, 0.6) is 0 Å². The van der Waals surface area contributed by atoms with Crippen LogP contribution in [-0.4, -0.2) is 9.97 Å². The molecule has 1 N–H and O–H groups in total. The Morgan fingerprint density at radius 2 is 1.89 bits per heavy atom. The second-order valence-corrected chi connectivity index (χ2v) is 4.97. The van der Waals surface area contributed by atoms with Crippen LogP contribution in [0.4, 0.5) is 0 Å². The first-order valence-electron chi connectivity index (χ1n) is 7.28. The summed E-state index contributed by atoms with van der Waals surface area (Å²) in [5, 5.41) is 1.29. The van der Waals surface area contributed by atoms with Gasteiger partial charge in [0.1, 0.15) is 5.65 Å². The summed E-state index contributed by atoms with van der Waals surface area (Å²) in [6.45, 7) is 6.14. The molecule has 1 aliphatic carbocycles. The fraction of sp³-hybridized carbons (Fsp3) is 0.562. The highest BCUT2D eigenvalue weighted by atomic mass is 14.8. The van der Waals surface area contributed by atoms with E-state index in [4.69, 9.17) is 0 Å². The highest BCUT2D eigenvalue weighted by Crippen LogP contribution is 2.33. The Morgan fingerprint density at radius 1 is 1.17 bits per heavy atom. The highest BCUT2D eigenvalue weighted by molar-refractivity contribution is 5.79. The van der Waals surface area contributed by atoms with Gasteiger partial charge in [0.25, 0.3) is 0 Å². The smallest absolute Gasteiger partial charge is 0.137 e. The van der Waals surface area contributed by atoms with E-state index < -0.39 is 0 Å². The lowest BCUT2D eigenvalue weighted by Gasteiger charge is -2.21. The molecule has 0 amide bonds. The minimum Gasteiger partial charge on any atom is -0.346 e. The first-order valence-corrected chi connectivity index (χ1v) is 7.28. The van der Waals surface area contributed by atoms with Crippen molar-refractivity contribution in [2.75, 3.05) is 0 Å². The number of fused-ring (bicyclic) bond motifs is 1. The molecule has 0 atom stereocenters. The number of aryl methyl sites for hydroxylation is 1. The van der Waals surface area contributed by atoms with Gasteiger partial charge in [-0.05, 0) is 42.9 Å². The van der Waals surface area contributed by atoms with Crippen molar-refractivity contribution in [2.24, 2.45) is 0 Å². The quantitative estimate of drug-likeness (QED) is 0.755. The lowest BCUT2D eigenvalue weighted by atomic mass is 9.84. The average molecular weight is 244 g/mol. The van der Waals surface area contributed by atoms with Gasteiger partial charge in [-0.3, -0.25) is 0 Å². The molecular weight excluding hydrogens is 220 g/mol. The zero-order chi connectivity index (χ0) is 13.0. The molecule has 0 aliphatic heterocycles. The Morgan fingerprint density at radius 3 is 2.61 bits per heavy atom. The van der Waals surface area contributed by atoms with Gasteiger partial charge < -0.3 is 4.98 Å². The summed E-state index contributed by atoms with van der Waals surface area (Å²) in [7, 11) is 0. The molecule has 0 bridgehead atoms. The Hall–Kier alpha value is -1.31. The van der Waals surface area contributed by atoms with Crippen LogP contribution >= 0.6 is 0 Å². The SMILES string of the molecule is CC.Cc1c[nH]c2ncc(C3CCCCC3)cc12. The molecule has 3 rings (SSSR count). The second-order valence-electron chi connectivity index (χ2n) is 4.97. The van der Waals surface area contributed by atoms with Crippen molar-refractivity contribution >= 4 is 11.0 Å². The maximum absolute atomic E-state index is 4.52. The molecule has 2 heterocycles. The summed E-state index contributed by atoms with van der Waals surface area (Å²) in [5.74, 6) is 0.750. The Kier molecular flexibility index (Phi) is 4.40. The molecule has 2 nitrogen and oxygen atoms in total. The normalized spacial score (nSPS) is 16.4. The van der Waals surface area contributed by atoms with E-state index in [2.05, 4.69) is 29.2 Å². The van der Waals surface area contributed by atoms with Gasteiger partial charge in [-0.1, -0.05) is 33.1 Å². The first-order chi connectivity index (χ1) is 8.84.